The molecule has 1 aliphatic rings. The molecule has 0 saturated heterocycles. The van der Waals surface area contributed by atoms with Crippen LogP contribution in [-0.2, 0) is 6.54 Å². The summed E-state index contributed by atoms with van der Waals surface area (Å²) in [4.78, 5) is 15.6. The molecule has 1 aliphatic heterocycles. The molecule has 0 bridgehead atoms. The van der Waals surface area contributed by atoms with E-state index in [0.29, 0.717) is 17.3 Å². The number of nitrogens with zero attached hydrogens (tertiary/aromatic N) is 4. The van der Waals surface area contributed by atoms with Gasteiger partial charge in [0.2, 0.25) is 0 Å². The Morgan fingerprint density at radius 2 is 1.78 bits per heavy atom. The van der Waals surface area contributed by atoms with Gasteiger partial charge in [0.1, 0.15) is 11.6 Å². The second-order valence-corrected chi connectivity index (χ2v) is 9.40. The minimum Gasteiger partial charge on any atom is -0.308 e. The monoisotopic (exact) mass is 511 g/mol. The number of fused-ring (bicyclic) bond motifs is 3. The van der Waals surface area contributed by atoms with Crippen molar-refractivity contribution in [1.29, 1.82) is 0 Å². The number of carbonyl (C=O) groups excluding carboxylic acids is 1. The van der Waals surface area contributed by atoms with Crippen LogP contribution in [0.4, 0.5) is 14.9 Å². The Labute approximate surface area is 218 Å². The van der Waals surface area contributed by atoms with Crippen LogP contribution >= 0.6 is 11.6 Å². The lowest BCUT2D eigenvalue weighted by Gasteiger charge is -2.31. The summed E-state index contributed by atoms with van der Waals surface area (Å²) in [7, 11) is 0. The molecule has 0 unspecified atom stereocenters. The van der Waals surface area contributed by atoms with Gasteiger partial charge in [-0.25, -0.2) is 13.9 Å². The van der Waals surface area contributed by atoms with E-state index in [1.807, 2.05) is 84.5 Å². The highest BCUT2D eigenvalue weighted by molar-refractivity contribution is 6.30. The molecule has 0 spiro atoms. The number of urea groups is 1. The molecule has 0 aliphatic carbocycles. The largest absolute Gasteiger partial charge is 0.322 e. The van der Waals surface area contributed by atoms with Crippen LogP contribution in [0.2, 0.25) is 5.02 Å². The van der Waals surface area contributed by atoms with Gasteiger partial charge in [-0.2, -0.15) is 5.10 Å². The molecule has 3 aromatic carbocycles. The second kappa shape index (κ2) is 9.26. The van der Waals surface area contributed by atoms with E-state index < -0.39 is 6.04 Å². The van der Waals surface area contributed by atoms with E-state index in [2.05, 4.69) is 9.88 Å². The maximum absolute atomic E-state index is 13.9. The van der Waals surface area contributed by atoms with Crippen LogP contribution in [0.1, 0.15) is 28.6 Å². The molecule has 5 aromatic rings. The van der Waals surface area contributed by atoms with E-state index in [4.69, 9.17) is 16.7 Å². The molecule has 37 heavy (non-hydrogen) atoms. The third-order valence-corrected chi connectivity index (χ3v) is 6.84. The number of carbonyl (C=O) groups is 1. The predicted molar refractivity (Wildman–Crippen MR) is 142 cm³/mol. The van der Waals surface area contributed by atoms with Crippen molar-refractivity contribution in [3.8, 4) is 11.5 Å². The predicted octanol–water partition coefficient (Wildman–Crippen LogP) is 6.90. The van der Waals surface area contributed by atoms with E-state index in [0.717, 1.165) is 34.0 Å². The minimum atomic E-state index is -0.440. The molecular formula is C29H23ClFN5O. The zero-order chi connectivity index (χ0) is 25.5. The smallest absolute Gasteiger partial charge is 0.308 e. The fourth-order valence-corrected chi connectivity index (χ4v) is 5.10. The highest BCUT2D eigenvalue weighted by Crippen LogP contribution is 2.39. The molecule has 1 atom stereocenters. The molecule has 6 nitrogen and oxygen atoms in total. The normalized spacial score (nSPS) is 14.6. The molecule has 2 amide bonds. The summed E-state index contributed by atoms with van der Waals surface area (Å²) in [6.45, 7) is 2.26. The van der Waals surface area contributed by atoms with Crippen molar-refractivity contribution in [2.75, 3.05) is 5.32 Å². The molecule has 1 N–H and O–H groups in total. The molecule has 0 saturated carbocycles. The van der Waals surface area contributed by atoms with Gasteiger partial charge in [0.05, 0.1) is 29.7 Å². The van der Waals surface area contributed by atoms with Crippen molar-refractivity contribution in [1.82, 2.24) is 19.2 Å². The lowest BCUT2D eigenvalue weighted by molar-refractivity contribution is 0.194. The maximum atomic E-state index is 13.9. The topological polar surface area (TPSA) is 55.1 Å². The lowest BCUT2D eigenvalue weighted by Crippen LogP contribution is -2.38. The molecule has 3 heterocycles. The van der Waals surface area contributed by atoms with Crippen LogP contribution in [0.5, 0.6) is 0 Å². The van der Waals surface area contributed by atoms with Crippen molar-refractivity contribution in [2.24, 2.45) is 0 Å². The Kier molecular flexibility index (Phi) is 5.77. The third-order valence-electron chi connectivity index (χ3n) is 6.61. The van der Waals surface area contributed by atoms with Crippen molar-refractivity contribution in [3.63, 3.8) is 0 Å². The number of hydrogen-bond donors (Lipinski definition) is 1. The highest BCUT2D eigenvalue weighted by atomic mass is 35.5. The summed E-state index contributed by atoms with van der Waals surface area (Å²) in [6.07, 6.45) is 1.99. The number of hydrogen-bond acceptors (Lipinski definition) is 2. The van der Waals surface area contributed by atoms with E-state index >= 15 is 0 Å². The van der Waals surface area contributed by atoms with Gasteiger partial charge in [0, 0.05) is 22.5 Å². The van der Waals surface area contributed by atoms with Crippen molar-refractivity contribution in [2.45, 2.75) is 19.5 Å². The Morgan fingerprint density at radius 1 is 1.00 bits per heavy atom. The van der Waals surface area contributed by atoms with Crippen LogP contribution < -0.4 is 5.32 Å². The number of anilines is 1. The fourth-order valence-electron chi connectivity index (χ4n) is 4.91. The molecule has 6 rings (SSSR count). The molecule has 8 heteroatoms. The quantitative estimate of drug-likeness (QED) is 0.286. The molecule has 0 fully saturated rings. The summed E-state index contributed by atoms with van der Waals surface area (Å²) in [5.74, 6) is 0.517. The van der Waals surface area contributed by atoms with Crippen LogP contribution in [-0.4, -0.2) is 25.3 Å². The second-order valence-electron chi connectivity index (χ2n) is 8.96. The summed E-state index contributed by atoms with van der Waals surface area (Å²) in [5.41, 5.74) is 4.96. The zero-order valence-electron chi connectivity index (χ0n) is 20.0. The van der Waals surface area contributed by atoms with E-state index in [1.54, 1.807) is 17.0 Å². The molecule has 0 radical (unpaired) electrons. The van der Waals surface area contributed by atoms with Crippen LogP contribution in [0.15, 0.2) is 97.2 Å². The van der Waals surface area contributed by atoms with Gasteiger partial charge in [-0.15, -0.1) is 0 Å². The van der Waals surface area contributed by atoms with Crippen molar-refractivity contribution in [3.05, 3.63) is 131 Å². The number of halogens is 2. The van der Waals surface area contributed by atoms with Crippen LogP contribution in [0.3, 0.4) is 0 Å². The summed E-state index contributed by atoms with van der Waals surface area (Å²) >= 11 is 6.40. The number of aryl methyl sites for hydroxylation is 1. The number of nitrogens with one attached hydrogen (secondary N) is 1. The SMILES string of the molecule is Cc1nn(-c2ccccc2)c2c1CN(C(=O)Nc1ccc(F)cc1)[C@@H](c1cccc(Cl)c1)c1cccn1-2. The summed E-state index contributed by atoms with van der Waals surface area (Å²) in [6, 6.07) is 26.5. The average molecular weight is 512 g/mol. The van der Waals surface area contributed by atoms with Gasteiger partial charge in [-0.3, -0.25) is 0 Å². The number of para-hydroxylation sites is 1. The standard InChI is InChI=1S/C29H23ClFN5O/c1-19-25-18-35(29(37)32-23-14-12-22(31)13-15-23)27(20-7-5-8-21(30)17-20)26-11-6-16-34(26)28(25)36(33-19)24-9-3-2-4-10-24/h2-17,27H,18H2,1H3,(H,32,37)/t27-/m0/s1. The molecular weight excluding hydrogens is 489 g/mol. The Morgan fingerprint density at radius 3 is 2.54 bits per heavy atom. The van der Waals surface area contributed by atoms with Crippen LogP contribution in [0, 0.1) is 12.7 Å². The Balaban J connectivity index is 1.53. The van der Waals surface area contributed by atoms with Gasteiger partial charge < -0.3 is 14.8 Å². The third kappa shape index (κ3) is 4.17. The zero-order valence-corrected chi connectivity index (χ0v) is 20.7. The first kappa shape index (κ1) is 23.1. The highest BCUT2D eigenvalue weighted by Gasteiger charge is 2.36. The first-order valence-corrected chi connectivity index (χ1v) is 12.3. The van der Waals surface area contributed by atoms with Gasteiger partial charge in [-0.1, -0.05) is 41.9 Å². The Hall–Kier alpha value is -4.36. The number of amides is 2. The van der Waals surface area contributed by atoms with Crippen LogP contribution in [0.25, 0.3) is 11.5 Å². The van der Waals surface area contributed by atoms with Gasteiger partial charge in [-0.05, 0) is 73.2 Å². The first-order valence-electron chi connectivity index (χ1n) is 11.9. The fraction of sp³-hybridized carbons (Fsp3) is 0.103. The van der Waals surface area contributed by atoms with Gasteiger partial charge in [0.25, 0.3) is 0 Å². The minimum absolute atomic E-state index is 0.305. The lowest BCUT2D eigenvalue weighted by atomic mass is 10.0. The van der Waals surface area contributed by atoms with Gasteiger partial charge >= 0.3 is 6.03 Å². The first-order chi connectivity index (χ1) is 18.0. The van der Waals surface area contributed by atoms with Gasteiger partial charge in [0.15, 0.2) is 0 Å². The molecule has 184 valence electrons. The summed E-state index contributed by atoms with van der Waals surface area (Å²) in [5, 5.41) is 8.39. The van der Waals surface area contributed by atoms with E-state index in [1.165, 1.54) is 12.1 Å². The van der Waals surface area contributed by atoms with Crippen molar-refractivity contribution < 1.29 is 9.18 Å². The number of benzene rings is 3. The number of aromatic nitrogens is 3. The van der Waals surface area contributed by atoms with Crippen molar-refractivity contribution >= 4 is 23.3 Å². The number of rotatable bonds is 3. The average Bonchev–Trinajstić information content (AvgIpc) is 3.46. The van der Waals surface area contributed by atoms with E-state index in [9.17, 15) is 9.18 Å². The van der Waals surface area contributed by atoms with E-state index in [-0.39, 0.29) is 11.8 Å². The Bertz CT molecular complexity index is 1590. The molecule has 2 aromatic heterocycles. The summed E-state index contributed by atoms with van der Waals surface area (Å²) < 4.78 is 17.5. The maximum Gasteiger partial charge on any atom is 0.322 e.